The lowest BCUT2D eigenvalue weighted by molar-refractivity contribution is -0.111. The fourth-order valence-electron chi connectivity index (χ4n) is 4.03. The van der Waals surface area contributed by atoms with Crippen molar-refractivity contribution in [2.24, 2.45) is 0 Å². The molecule has 0 aliphatic carbocycles. The maximum absolute atomic E-state index is 11.7. The van der Waals surface area contributed by atoms with Gasteiger partial charge in [0.05, 0.1) is 19.0 Å². The number of rotatable bonds is 8. The predicted octanol–water partition coefficient (Wildman–Crippen LogP) is 3.55. The molecular formula is C26H28N8O3. The molecule has 3 heterocycles. The highest BCUT2D eigenvalue weighted by Crippen LogP contribution is 2.33. The zero-order valence-corrected chi connectivity index (χ0v) is 20.7. The summed E-state index contributed by atoms with van der Waals surface area (Å²) in [5.41, 5.74) is 2.98. The molecule has 5 rings (SSSR count). The first-order chi connectivity index (χ1) is 18.0. The lowest BCUT2D eigenvalue weighted by Gasteiger charge is -2.34. The van der Waals surface area contributed by atoms with Gasteiger partial charge in [0.25, 0.3) is 11.8 Å². The highest BCUT2D eigenvalue weighted by Gasteiger charge is 2.17. The van der Waals surface area contributed by atoms with Crippen LogP contribution in [0.3, 0.4) is 0 Å². The number of nitrogens with zero attached hydrogens (tertiary/aromatic N) is 6. The third kappa shape index (κ3) is 5.46. The van der Waals surface area contributed by atoms with Gasteiger partial charge in [-0.1, -0.05) is 12.6 Å². The summed E-state index contributed by atoms with van der Waals surface area (Å²) in [4.78, 5) is 20.9. The van der Waals surface area contributed by atoms with E-state index in [1.54, 1.807) is 43.6 Å². The number of hydrogen-bond donors (Lipinski definition) is 2. The summed E-state index contributed by atoms with van der Waals surface area (Å²) in [6, 6.07) is 14.8. The van der Waals surface area contributed by atoms with E-state index in [4.69, 9.17) is 9.47 Å². The first-order valence-electron chi connectivity index (χ1n) is 11.8. The fourth-order valence-corrected chi connectivity index (χ4v) is 4.03. The van der Waals surface area contributed by atoms with E-state index in [-0.39, 0.29) is 11.9 Å². The summed E-state index contributed by atoms with van der Waals surface area (Å²) >= 11 is 0. The summed E-state index contributed by atoms with van der Waals surface area (Å²) in [5, 5.41) is 14.7. The van der Waals surface area contributed by atoms with Gasteiger partial charge < -0.3 is 29.9 Å². The molecule has 0 radical (unpaired) electrons. The Bertz CT molecular complexity index is 1430. The lowest BCUT2D eigenvalue weighted by atomic mass is 10.2. The molecule has 1 amide bonds. The number of carbonyl (C=O) groups excluding carboxylic acids is 1. The molecule has 11 heteroatoms. The minimum absolute atomic E-state index is 0.285. The Morgan fingerprint density at radius 3 is 2.73 bits per heavy atom. The third-order valence-corrected chi connectivity index (χ3v) is 6.04. The van der Waals surface area contributed by atoms with Crippen LogP contribution in [0.15, 0.2) is 67.4 Å². The van der Waals surface area contributed by atoms with E-state index in [2.05, 4.69) is 55.3 Å². The van der Waals surface area contributed by atoms with Crippen LogP contribution in [0.25, 0.3) is 5.52 Å². The molecule has 2 aromatic carbocycles. The van der Waals surface area contributed by atoms with Gasteiger partial charge in [0.1, 0.15) is 17.0 Å². The standard InChI is InChI=1S/C26H28N8O3/c1-4-24(35)28-18-6-5-7-20(16-18)37-25-22-10-11-27-34(22)31-26(30-25)29-21-9-8-19(17-23(21)36-3)33-14-12-32(2)13-15-33/h4-11,16-17H,1,12-15H2,2-3H3,(H,28,35)(H,29,31). The molecule has 190 valence electrons. The van der Waals surface area contributed by atoms with Crippen LogP contribution in [0.4, 0.5) is 23.0 Å². The molecule has 0 unspecified atom stereocenters. The van der Waals surface area contributed by atoms with Gasteiger partial charge in [-0.05, 0) is 43.5 Å². The maximum atomic E-state index is 11.7. The molecular weight excluding hydrogens is 472 g/mol. The Hall–Kier alpha value is -4.64. The molecule has 4 aromatic rings. The summed E-state index contributed by atoms with van der Waals surface area (Å²) in [6.07, 6.45) is 2.82. The Kier molecular flexibility index (Phi) is 6.86. The van der Waals surface area contributed by atoms with Crippen LogP contribution in [0.1, 0.15) is 0 Å². The molecule has 1 saturated heterocycles. The van der Waals surface area contributed by atoms with Crippen LogP contribution in [-0.4, -0.2) is 71.0 Å². The van der Waals surface area contributed by atoms with Crippen molar-refractivity contribution >= 4 is 34.4 Å². The molecule has 0 spiro atoms. The van der Waals surface area contributed by atoms with Crippen LogP contribution < -0.4 is 25.0 Å². The molecule has 1 aliphatic rings. The van der Waals surface area contributed by atoms with E-state index >= 15 is 0 Å². The van der Waals surface area contributed by atoms with Gasteiger partial charge in [-0.25, -0.2) is 0 Å². The van der Waals surface area contributed by atoms with Gasteiger partial charge in [-0.15, -0.1) is 9.73 Å². The Morgan fingerprint density at radius 1 is 1.11 bits per heavy atom. The van der Waals surface area contributed by atoms with Gasteiger partial charge in [0.2, 0.25) is 5.91 Å². The number of piperazine rings is 1. The largest absolute Gasteiger partial charge is 0.494 e. The Balaban J connectivity index is 1.40. The number of benzene rings is 2. The number of methoxy groups -OCH3 is 1. The molecule has 1 fully saturated rings. The van der Waals surface area contributed by atoms with E-state index in [0.717, 1.165) is 31.9 Å². The Morgan fingerprint density at radius 2 is 1.95 bits per heavy atom. The first kappa shape index (κ1) is 24.1. The second-order valence-electron chi connectivity index (χ2n) is 8.57. The summed E-state index contributed by atoms with van der Waals surface area (Å²) in [6.45, 7) is 7.44. The number of aromatic nitrogens is 4. The van der Waals surface area contributed by atoms with Gasteiger partial charge in [0, 0.05) is 49.7 Å². The second kappa shape index (κ2) is 10.5. The average Bonchev–Trinajstić information content (AvgIpc) is 3.39. The minimum Gasteiger partial charge on any atom is -0.494 e. The molecule has 2 aromatic heterocycles. The van der Waals surface area contributed by atoms with Crippen molar-refractivity contribution in [3.05, 3.63) is 67.4 Å². The third-order valence-electron chi connectivity index (χ3n) is 6.04. The highest BCUT2D eigenvalue weighted by molar-refractivity contribution is 5.98. The van der Waals surface area contributed by atoms with Crippen LogP contribution in [0, 0.1) is 0 Å². The van der Waals surface area contributed by atoms with Crippen molar-refractivity contribution in [2.75, 3.05) is 55.9 Å². The maximum Gasteiger partial charge on any atom is 0.250 e. The van der Waals surface area contributed by atoms with Crippen molar-refractivity contribution in [2.45, 2.75) is 0 Å². The molecule has 0 saturated carbocycles. The van der Waals surface area contributed by atoms with Crippen molar-refractivity contribution < 1.29 is 14.3 Å². The zero-order valence-electron chi connectivity index (χ0n) is 20.7. The van der Waals surface area contributed by atoms with E-state index < -0.39 is 0 Å². The normalized spacial score (nSPS) is 13.8. The SMILES string of the molecule is C=CC(=O)Nc1cccc(Oc2nc(Nc3ccc(N4CCN(C)CC4)cc3OC)nn3nccc23)c1. The van der Waals surface area contributed by atoms with E-state index in [1.807, 2.05) is 12.1 Å². The number of likely N-dealkylation sites (N-methyl/N-ethyl adjacent to an activating group) is 1. The van der Waals surface area contributed by atoms with E-state index in [9.17, 15) is 4.79 Å². The smallest absolute Gasteiger partial charge is 0.250 e. The number of nitrogens with one attached hydrogen (secondary N) is 2. The minimum atomic E-state index is -0.309. The average molecular weight is 501 g/mol. The van der Waals surface area contributed by atoms with E-state index in [0.29, 0.717) is 34.3 Å². The highest BCUT2D eigenvalue weighted by atomic mass is 16.5. The molecule has 37 heavy (non-hydrogen) atoms. The van der Waals surface area contributed by atoms with Gasteiger partial charge in [-0.2, -0.15) is 10.1 Å². The number of carbonyl (C=O) groups is 1. The summed E-state index contributed by atoms with van der Waals surface area (Å²) in [5.74, 6) is 1.44. The van der Waals surface area contributed by atoms with Crippen LogP contribution in [-0.2, 0) is 4.79 Å². The zero-order chi connectivity index (χ0) is 25.8. The number of amides is 1. The molecule has 0 atom stereocenters. The second-order valence-corrected chi connectivity index (χ2v) is 8.57. The number of anilines is 4. The van der Waals surface area contributed by atoms with Gasteiger partial charge in [0.15, 0.2) is 0 Å². The molecule has 2 N–H and O–H groups in total. The van der Waals surface area contributed by atoms with Crippen molar-refractivity contribution in [1.29, 1.82) is 0 Å². The summed E-state index contributed by atoms with van der Waals surface area (Å²) in [7, 11) is 3.77. The monoisotopic (exact) mass is 500 g/mol. The molecule has 11 nitrogen and oxygen atoms in total. The summed E-state index contributed by atoms with van der Waals surface area (Å²) < 4.78 is 13.2. The number of hydrogen-bond acceptors (Lipinski definition) is 9. The van der Waals surface area contributed by atoms with Crippen molar-refractivity contribution in [3.63, 3.8) is 0 Å². The number of fused-ring (bicyclic) bond motifs is 1. The number of ether oxygens (including phenoxy) is 2. The van der Waals surface area contributed by atoms with Gasteiger partial charge in [-0.3, -0.25) is 4.79 Å². The molecule has 0 bridgehead atoms. The van der Waals surface area contributed by atoms with Crippen LogP contribution in [0.5, 0.6) is 17.4 Å². The molecule has 1 aliphatic heterocycles. The quantitative estimate of drug-likeness (QED) is 0.351. The lowest BCUT2D eigenvalue weighted by Crippen LogP contribution is -2.44. The predicted molar refractivity (Wildman–Crippen MR) is 142 cm³/mol. The fraction of sp³-hybridized carbons (Fsp3) is 0.231. The van der Waals surface area contributed by atoms with Crippen molar-refractivity contribution in [3.8, 4) is 17.4 Å². The Labute approximate surface area is 214 Å². The van der Waals surface area contributed by atoms with Crippen molar-refractivity contribution in [1.82, 2.24) is 24.7 Å². The van der Waals surface area contributed by atoms with E-state index in [1.165, 1.54) is 10.7 Å². The first-order valence-corrected chi connectivity index (χ1v) is 11.8. The van der Waals surface area contributed by atoms with Gasteiger partial charge >= 0.3 is 0 Å². The topological polar surface area (TPSA) is 109 Å². The van der Waals surface area contributed by atoms with Crippen LogP contribution in [0.2, 0.25) is 0 Å². The van der Waals surface area contributed by atoms with Crippen LogP contribution >= 0.6 is 0 Å².